The Labute approximate surface area is 118 Å². The number of carbonyl (C=O) groups is 1. The van der Waals surface area contributed by atoms with E-state index in [-0.39, 0.29) is 12.5 Å². The van der Waals surface area contributed by atoms with E-state index in [4.69, 9.17) is 9.52 Å². The number of benzene rings is 1. The first-order valence-electron chi connectivity index (χ1n) is 7.10. The molecule has 0 fully saturated rings. The first kappa shape index (κ1) is 14.6. The van der Waals surface area contributed by atoms with Crippen molar-refractivity contribution in [2.24, 2.45) is 0 Å². The SMILES string of the molecule is Cc1ccc2oc(C(=O)NCCCCCCO)cc2c1. The fraction of sp³-hybridized carbons (Fsp3) is 0.438. The molecule has 4 nitrogen and oxygen atoms in total. The maximum Gasteiger partial charge on any atom is 0.287 e. The number of aliphatic hydroxyl groups excluding tert-OH is 1. The third-order valence-corrected chi connectivity index (χ3v) is 3.27. The summed E-state index contributed by atoms with van der Waals surface area (Å²) in [5.41, 5.74) is 1.89. The monoisotopic (exact) mass is 275 g/mol. The second-order valence-corrected chi connectivity index (χ2v) is 5.05. The molecule has 1 amide bonds. The van der Waals surface area contributed by atoms with E-state index in [1.165, 1.54) is 0 Å². The second kappa shape index (κ2) is 7.10. The van der Waals surface area contributed by atoms with Crippen LogP contribution in [0.1, 0.15) is 41.8 Å². The number of hydrogen-bond donors (Lipinski definition) is 2. The number of unbranched alkanes of at least 4 members (excludes halogenated alkanes) is 3. The van der Waals surface area contributed by atoms with E-state index in [1.54, 1.807) is 6.07 Å². The molecule has 0 aliphatic rings. The van der Waals surface area contributed by atoms with Crippen molar-refractivity contribution in [1.82, 2.24) is 5.32 Å². The molecular weight excluding hydrogens is 254 g/mol. The molecule has 0 bridgehead atoms. The summed E-state index contributed by atoms with van der Waals surface area (Å²) in [6, 6.07) is 7.64. The van der Waals surface area contributed by atoms with Crippen LogP contribution in [0.15, 0.2) is 28.7 Å². The molecule has 0 aliphatic carbocycles. The second-order valence-electron chi connectivity index (χ2n) is 5.05. The molecule has 0 atom stereocenters. The molecule has 0 radical (unpaired) electrons. The van der Waals surface area contributed by atoms with Gasteiger partial charge in [-0.2, -0.15) is 0 Å². The Kier molecular flexibility index (Phi) is 5.18. The van der Waals surface area contributed by atoms with Gasteiger partial charge in [-0.3, -0.25) is 4.79 Å². The molecule has 20 heavy (non-hydrogen) atoms. The molecule has 0 unspecified atom stereocenters. The number of carbonyl (C=O) groups excluding carboxylic acids is 1. The summed E-state index contributed by atoms with van der Waals surface area (Å²) in [4.78, 5) is 11.9. The van der Waals surface area contributed by atoms with Crippen LogP contribution in [0.25, 0.3) is 11.0 Å². The van der Waals surface area contributed by atoms with Crippen molar-refractivity contribution in [3.8, 4) is 0 Å². The van der Waals surface area contributed by atoms with Crippen molar-refractivity contribution >= 4 is 16.9 Å². The van der Waals surface area contributed by atoms with Gasteiger partial charge in [0.2, 0.25) is 0 Å². The number of aryl methyl sites for hydroxylation is 1. The predicted octanol–water partition coefficient (Wildman–Crippen LogP) is 3.02. The number of amides is 1. The minimum Gasteiger partial charge on any atom is -0.451 e. The Morgan fingerprint density at radius 2 is 2.00 bits per heavy atom. The van der Waals surface area contributed by atoms with Crippen molar-refractivity contribution in [3.63, 3.8) is 0 Å². The van der Waals surface area contributed by atoms with Gasteiger partial charge in [-0.15, -0.1) is 0 Å². The fourth-order valence-electron chi connectivity index (χ4n) is 2.15. The van der Waals surface area contributed by atoms with Gasteiger partial charge < -0.3 is 14.8 Å². The number of fused-ring (bicyclic) bond motifs is 1. The van der Waals surface area contributed by atoms with Crippen molar-refractivity contribution < 1.29 is 14.3 Å². The molecule has 1 aromatic heterocycles. The van der Waals surface area contributed by atoms with Crippen LogP contribution in [0, 0.1) is 6.92 Å². The molecule has 0 saturated heterocycles. The quantitative estimate of drug-likeness (QED) is 0.763. The molecule has 0 spiro atoms. The summed E-state index contributed by atoms with van der Waals surface area (Å²) < 4.78 is 5.54. The maximum atomic E-state index is 11.9. The van der Waals surface area contributed by atoms with E-state index in [0.29, 0.717) is 12.3 Å². The predicted molar refractivity (Wildman–Crippen MR) is 78.8 cm³/mol. The first-order valence-corrected chi connectivity index (χ1v) is 7.10. The molecule has 1 aromatic carbocycles. The lowest BCUT2D eigenvalue weighted by atomic mass is 10.2. The lowest BCUT2D eigenvalue weighted by Gasteiger charge is -2.02. The number of furan rings is 1. The standard InChI is InChI=1S/C16H21NO3/c1-12-6-7-14-13(10-12)11-15(20-14)16(19)17-8-4-2-3-5-9-18/h6-7,10-11,18H,2-5,8-9H2,1H3,(H,17,19). The Balaban J connectivity index is 1.85. The van der Waals surface area contributed by atoms with E-state index in [2.05, 4.69) is 5.32 Å². The molecule has 1 heterocycles. The van der Waals surface area contributed by atoms with Gasteiger partial charge in [0.05, 0.1) is 0 Å². The average molecular weight is 275 g/mol. The number of hydrogen-bond acceptors (Lipinski definition) is 3. The summed E-state index contributed by atoms with van der Waals surface area (Å²) in [6.07, 6.45) is 3.76. The lowest BCUT2D eigenvalue weighted by Crippen LogP contribution is -2.23. The van der Waals surface area contributed by atoms with Crippen molar-refractivity contribution in [3.05, 3.63) is 35.6 Å². The van der Waals surface area contributed by atoms with Crippen LogP contribution in [0.2, 0.25) is 0 Å². The largest absolute Gasteiger partial charge is 0.451 e. The minimum absolute atomic E-state index is 0.166. The van der Waals surface area contributed by atoms with E-state index in [9.17, 15) is 4.79 Å². The number of rotatable bonds is 7. The summed E-state index contributed by atoms with van der Waals surface area (Å²) in [6.45, 7) is 2.89. The molecule has 4 heteroatoms. The van der Waals surface area contributed by atoms with Gasteiger partial charge in [-0.1, -0.05) is 24.5 Å². The molecule has 2 aromatic rings. The van der Waals surface area contributed by atoms with E-state index in [0.717, 1.165) is 42.2 Å². The molecule has 2 N–H and O–H groups in total. The summed E-state index contributed by atoms with van der Waals surface area (Å²) >= 11 is 0. The molecule has 0 aliphatic heterocycles. The Morgan fingerprint density at radius 1 is 1.20 bits per heavy atom. The Bertz CT molecular complexity index is 574. The van der Waals surface area contributed by atoms with Crippen molar-refractivity contribution in [1.29, 1.82) is 0 Å². The summed E-state index contributed by atoms with van der Waals surface area (Å²) in [5.74, 6) is 0.196. The van der Waals surface area contributed by atoms with Crippen LogP contribution in [0.5, 0.6) is 0 Å². The van der Waals surface area contributed by atoms with Crippen LogP contribution in [0.4, 0.5) is 0 Å². The van der Waals surface area contributed by atoms with E-state index < -0.39 is 0 Å². The zero-order chi connectivity index (χ0) is 14.4. The smallest absolute Gasteiger partial charge is 0.287 e. The van der Waals surface area contributed by atoms with Gasteiger partial charge in [0.25, 0.3) is 5.91 Å². The van der Waals surface area contributed by atoms with Crippen LogP contribution in [-0.2, 0) is 0 Å². The average Bonchev–Trinajstić information content (AvgIpc) is 2.85. The van der Waals surface area contributed by atoms with E-state index >= 15 is 0 Å². The van der Waals surface area contributed by atoms with Crippen LogP contribution in [-0.4, -0.2) is 24.2 Å². The van der Waals surface area contributed by atoms with Gasteiger partial charge >= 0.3 is 0 Å². The minimum atomic E-state index is -0.166. The highest BCUT2D eigenvalue weighted by molar-refractivity contribution is 5.96. The van der Waals surface area contributed by atoms with Gasteiger partial charge in [0.1, 0.15) is 5.58 Å². The number of aliphatic hydroxyl groups is 1. The van der Waals surface area contributed by atoms with Gasteiger partial charge in [0.15, 0.2) is 5.76 Å². The topological polar surface area (TPSA) is 62.5 Å². The normalized spacial score (nSPS) is 10.9. The summed E-state index contributed by atoms with van der Waals surface area (Å²) in [7, 11) is 0. The van der Waals surface area contributed by atoms with E-state index in [1.807, 2.05) is 25.1 Å². The molecule has 108 valence electrons. The third kappa shape index (κ3) is 3.84. The third-order valence-electron chi connectivity index (χ3n) is 3.27. The Hall–Kier alpha value is -1.81. The Morgan fingerprint density at radius 3 is 2.80 bits per heavy atom. The highest BCUT2D eigenvalue weighted by Crippen LogP contribution is 2.20. The zero-order valence-electron chi connectivity index (χ0n) is 11.8. The fourth-order valence-corrected chi connectivity index (χ4v) is 2.15. The van der Waals surface area contributed by atoms with Gasteiger partial charge in [0, 0.05) is 18.5 Å². The zero-order valence-corrected chi connectivity index (χ0v) is 11.8. The van der Waals surface area contributed by atoms with Crippen LogP contribution in [0.3, 0.4) is 0 Å². The first-order chi connectivity index (χ1) is 9.70. The van der Waals surface area contributed by atoms with Crippen molar-refractivity contribution in [2.75, 3.05) is 13.2 Å². The maximum absolute atomic E-state index is 11.9. The number of nitrogens with one attached hydrogen (secondary N) is 1. The summed E-state index contributed by atoms with van der Waals surface area (Å²) in [5, 5.41) is 12.5. The highest BCUT2D eigenvalue weighted by Gasteiger charge is 2.11. The molecular formula is C16H21NO3. The van der Waals surface area contributed by atoms with Crippen LogP contribution >= 0.6 is 0 Å². The van der Waals surface area contributed by atoms with Crippen molar-refractivity contribution in [2.45, 2.75) is 32.6 Å². The van der Waals surface area contributed by atoms with Gasteiger partial charge in [-0.25, -0.2) is 0 Å². The molecule has 0 saturated carbocycles. The van der Waals surface area contributed by atoms with Gasteiger partial charge in [-0.05, 0) is 38.0 Å². The molecule has 2 rings (SSSR count). The lowest BCUT2D eigenvalue weighted by molar-refractivity contribution is 0.0927. The highest BCUT2D eigenvalue weighted by atomic mass is 16.3. The van der Waals surface area contributed by atoms with Crippen LogP contribution < -0.4 is 5.32 Å².